The lowest BCUT2D eigenvalue weighted by Crippen LogP contribution is -2.15. The third kappa shape index (κ3) is 3.38. The summed E-state index contributed by atoms with van der Waals surface area (Å²) in [6.07, 6.45) is 0. The molecule has 0 aromatic heterocycles. The van der Waals surface area contributed by atoms with Crippen molar-refractivity contribution in [2.75, 3.05) is 10.5 Å². The standard InChI is InChI=1S/C14H13FN2O3S/c1-9(18)10-2-5-12(6-3-10)17-21(19,20)14-7-4-11(15)8-13(14)16/h2-8,17H,16H2,1H3. The molecule has 0 aliphatic carbocycles. The van der Waals surface area contributed by atoms with E-state index in [9.17, 15) is 17.6 Å². The van der Waals surface area contributed by atoms with Gasteiger partial charge < -0.3 is 5.73 Å². The summed E-state index contributed by atoms with van der Waals surface area (Å²) in [5.41, 5.74) is 6.10. The number of hydrogen-bond acceptors (Lipinski definition) is 4. The maximum Gasteiger partial charge on any atom is 0.263 e. The minimum Gasteiger partial charge on any atom is -0.398 e. The van der Waals surface area contributed by atoms with Crippen LogP contribution in [-0.4, -0.2) is 14.2 Å². The maximum atomic E-state index is 13.0. The van der Waals surface area contributed by atoms with Gasteiger partial charge in [0.2, 0.25) is 0 Å². The number of rotatable bonds is 4. The van der Waals surface area contributed by atoms with Crippen molar-refractivity contribution in [3.8, 4) is 0 Å². The number of anilines is 2. The van der Waals surface area contributed by atoms with Gasteiger partial charge in [0.1, 0.15) is 10.7 Å². The zero-order valence-electron chi connectivity index (χ0n) is 11.1. The van der Waals surface area contributed by atoms with Crippen LogP contribution in [0, 0.1) is 5.82 Å². The van der Waals surface area contributed by atoms with Gasteiger partial charge >= 0.3 is 0 Å². The van der Waals surface area contributed by atoms with Crippen LogP contribution in [0.2, 0.25) is 0 Å². The molecule has 0 radical (unpaired) electrons. The normalized spacial score (nSPS) is 11.1. The second kappa shape index (κ2) is 5.53. The van der Waals surface area contributed by atoms with Gasteiger partial charge in [-0.3, -0.25) is 9.52 Å². The Bertz CT molecular complexity index is 786. The van der Waals surface area contributed by atoms with Crippen LogP contribution in [0.4, 0.5) is 15.8 Å². The van der Waals surface area contributed by atoms with Crippen molar-refractivity contribution in [2.45, 2.75) is 11.8 Å². The summed E-state index contributed by atoms with van der Waals surface area (Å²) in [6, 6.07) is 9.00. The van der Waals surface area contributed by atoms with Crippen LogP contribution in [0.3, 0.4) is 0 Å². The first-order valence-electron chi connectivity index (χ1n) is 5.98. The largest absolute Gasteiger partial charge is 0.398 e. The van der Waals surface area contributed by atoms with Crippen molar-refractivity contribution in [1.29, 1.82) is 0 Å². The van der Waals surface area contributed by atoms with E-state index in [1.807, 2.05) is 0 Å². The topological polar surface area (TPSA) is 89.3 Å². The highest BCUT2D eigenvalue weighted by atomic mass is 32.2. The molecule has 2 rings (SSSR count). The van der Waals surface area contributed by atoms with Gasteiger partial charge in [-0.2, -0.15) is 0 Å². The summed E-state index contributed by atoms with van der Waals surface area (Å²) in [6.45, 7) is 1.42. The molecule has 0 saturated heterocycles. The second-order valence-corrected chi connectivity index (χ2v) is 6.07. The zero-order chi connectivity index (χ0) is 15.6. The van der Waals surface area contributed by atoms with Gasteiger partial charge in [-0.05, 0) is 49.4 Å². The first-order valence-corrected chi connectivity index (χ1v) is 7.47. The molecule has 0 amide bonds. The summed E-state index contributed by atoms with van der Waals surface area (Å²) < 4.78 is 39.6. The number of halogens is 1. The highest BCUT2D eigenvalue weighted by Crippen LogP contribution is 2.22. The lowest BCUT2D eigenvalue weighted by atomic mass is 10.1. The summed E-state index contributed by atoms with van der Waals surface area (Å²) in [4.78, 5) is 10.9. The van der Waals surface area contributed by atoms with Crippen LogP contribution in [0.15, 0.2) is 47.4 Å². The predicted molar refractivity (Wildman–Crippen MR) is 78.1 cm³/mol. The molecule has 110 valence electrons. The lowest BCUT2D eigenvalue weighted by molar-refractivity contribution is 0.101. The van der Waals surface area contributed by atoms with Crippen molar-refractivity contribution in [2.24, 2.45) is 0 Å². The summed E-state index contributed by atoms with van der Waals surface area (Å²) >= 11 is 0. The maximum absolute atomic E-state index is 13.0. The number of carbonyl (C=O) groups excluding carboxylic acids is 1. The van der Waals surface area contributed by atoms with Gasteiger partial charge in [0.15, 0.2) is 5.78 Å². The van der Waals surface area contributed by atoms with Crippen molar-refractivity contribution < 1.29 is 17.6 Å². The van der Waals surface area contributed by atoms with Gasteiger partial charge in [-0.1, -0.05) is 0 Å². The van der Waals surface area contributed by atoms with Crippen LogP contribution in [-0.2, 0) is 10.0 Å². The first-order chi connectivity index (χ1) is 9.79. The van der Waals surface area contributed by atoms with Gasteiger partial charge in [-0.15, -0.1) is 0 Å². The summed E-state index contributed by atoms with van der Waals surface area (Å²) in [5.74, 6) is -0.732. The molecule has 0 atom stereocenters. The third-order valence-corrected chi connectivity index (χ3v) is 4.26. The van der Waals surface area contributed by atoms with Crippen LogP contribution in [0.25, 0.3) is 0 Å². The molecule has 5 nitrogen and oxygen atoms in total. The fourth-order valence-corrected chi connectivity index (χ4v) is 2.92. The quantitative estimate of drug-likeness (QED) is 0.670. The number of hydrogen-bond donors (Lipinski definition) is 2. The van der Waals surface area contributed by atoms with Crippen LogP contribution < -0.4 is 10.5 Å². The zero-order valence-corrected chi connectivity index (χ0v) is 11.9. The Morgan fingerprint density at radius 3 is 2.29 bits per heavy atom. The molecule has 0 heterocycles. The Balaban J connectivity index is 2.30. The molecule has 2 aromatic rings. The molecule has 0 bridgehead atoms. The van der Waals surface area contributed by atoms with Crippen molar-refractivity contribution in [3.63, 3.8) is 0 Å². The Morgan fingerprint density at radius 1 is 1.14 bits per heavy atom. The van der Waals surface area contributed by atoms with E-state index in [2.05, 4.69) is 4.72 Å². The van der Waals surface area contributed by atoms with E-state index in [0.29, 0.717) is 5.56 Å². The second-order valence-electron chi connectivity index (χ2n) is 4.42. The molecule has 0 fully saturated rings. The molecular weight excluding hydrogens is 295 g/mol. The highest BCUT2D eigenvalue weighted by Gasteiger charge is 2.18. The van der Waals surface area contributed by atoms with E-state index in [4.69, 9.17) is 5.73 Å². The van der Waals surface area contributed by atoms with E-state index < -0.39 is 15.8 Å². The van der Waals surface area contributed by atoms with E-state index in [0.717, 1.165) is 18.2 Å². The molecular formula is C14H13FN2O3S. The average molecular weight is 308 g/mol. The number of sulfonamides is 1. The van der Waals surface area contributed by atoms with Gasteiger partial charge in [0, 0.05) is 11.3 Å². The molecule has 21 heavy (non-hydrogen) atoms. The Labute approximate surface area is 121 Å². The van der Waals surface area contributed by atoms with Gasteiger partial charge in [0.05, 0.1) is 5.69 Å². The number of nitrogens with one attached hydrogen (secondary N) is 1. The molecule has 0 saturated carbocycles. The summed E-state index contributed by atoms with van der Waals surface area (Å²) in [5, 5.41) is 0. The average Bonchev–Trinajstić information content (AvgIpc) is 2.38. The monoisotopic (exact) mass is 308 g/mol. The molecule has 0 aliphatic heterocycles. The van der Waals surface area contributed by atoms with E-state index in [-0.39, 0.29) is 22.1 Å². The number of carbonyl (C=O) groups is 1. The minimum atomic E-state index is -3.92. The fraction of sp³-hybridized carbons (Fsp3) is 0.0714. The SMILES string of the molecule is CC(=O)c1ccc(NS(=O)(=O)c2ccc(F)cc2N)cc1. The van der Waals surface area contributed by atoms with Crippen LogP contribution in [0.5, 0.6) is 0 Å². The molecule has 0 unspecified atom stereocenters. The number of nitrogens with two attached hydrogens (primary N) is 1. The predicted octanol–water partition coefficient (Wildman–Crippen LogP) is 2.41. The molecule has 0 aliphatic rings. The van der Waals surface area contributed by atoms with Crippen molar-refractivity contribution >= 4 is 27.2 Å². The summed E-state index contributed by atoms with van der Waals surface area (Å²) in [7, 11) is -3.92. The Hall–Kier alpha value is -2.41. The number of nitrogen functional groups attached to an aromatic ring is 1. The van der Waals surface area contributed by atoms with Crippen LogP contribution in [0.1, 0.15) is 17.3 Å². The molecule has 0 spiro atoms. The number of Topliss-reactive ketones (excluding diaryl/α,β-unsaturated/α-hetero) is 1. The Morgan fingerprint density at radius 2 is 1.76 bits per heavy atom. The van der Waals surface area contributed by atoms with E-state index >= 15 is 0 Å². The first kappa shape index (κ1) is 15.0. The Kier molecular flexibility index (Phi) is 3.95. The number of ketones is 1. The number of benzene rings is 2. The van der Waals surface area contributed by atoms with Gasteiger partial charge in [-0.25, -0.2) is 12.8 Å². The highest BCUT2D eigenvalue weighted by molar-refractivity contribution is 7.92. The fourth-order valence-electron chi connectivity index (χ4n) is 1.75. The van der Waals surface area contributed by atoms with Gasteiger partial charge in [0.25, 0.3) is 10.0 Å². The van der Waals surface area contributed by atoms with E-state index in [1.165, 1.54) is 31.2 Å². The molecule has 2 aromatic carbocycles. The van der Waals surface area contributed by atoms with Crippen molar-refractivity contribution in [1.82, 2.24) is 0 Å². The van der Waals surface area contributed by atoms with E-state index in [1.54, 1.807) is 0 Å². The smallest absolute Gasteiger partial charge is 0.263 e. The van der Waals surface area contributed by atoms with Crippen molar-refractivity contribution in [3.05, 3.63) is 53.8 Å². The lowest BCUT2D eigenvalue weighted by Gasteiger charge is -2.10. The van der Waals surface area contributed by atoms with Crippen LogP contribution >= 0.6 is 0 Å². The molecule has 7 heteroatoms. The minimum absolute atomic E-state index is 0.118. The third-order valence-electron chi connectivity index (χ3n) is 2.80. The molecule has 3 N–H and O–H groups in total.